The van der Waals surface area contributed by atoms with E-state index in [0.717, 1.165) is 12.2 Å². The van der Waals surface area contributed by atoms with Gasteiger partial charge in [-0.3, -0.25) is 0 Å². The fourth-order valence-corrected chi connectivity index (χ4v) is 1.33. The first-order valence-electron chi connectivity index (χ1n) is 5.37. The van der Waals surface area contributed by atoms with Gasteiger partial charge in [-0.15, -0.1) is 0 Å². The molecule has 2 heteroatoms. The Morgan fingerprint density at radius 3 is 2.33 bits per heavy atom. The monoisotopic (exact) mass is 204 g/mol. The van der Waals surface area contributed by atoms with Crippen molar-refractivity contribution in [2.45, 2.75) is 27.7 Å². The Kier molecular flexibility index (Phi) is 3.89. The highest BCUT2D eigenvalue weighted by atomic mass is 15.1. The minimum absolute atomic E-state index is 0.980. The number of rotatable bonds is 3. The number of aryl methyl sites for hydroxylation is 3. The Hall–Kier alpha value is -1.31. The van der Waals surface area contributed by atoms with Gasteiger partial charge in [0.05, 0.1) is 12.0 Å². The lowest BCUT2D eigenvalue weighted by atomic mass is 10.1. The van der Waals surface area contributed by atoms with Gasteiger partial charge < -0.3 is 4.90 Å². The number of aliphatic imine (C=N–C) groups is 1. The molecule has 0 bridgehead atoms. The van der Waals surface area contributed by atoms with Gasteiger partial charge in [0.1, 0.15) is 0 Å². The quantitative estimate of drug-likeness (QED) is 0.545. The lowest BCUT2D eigenvalue weighted by Gasteiger charge is -2.10. The van der Waals surface area contributed by atoms with E-state index in [0.29, 0.717) is 0 Å². The largest absolute Gasteiger partial charge is 0.366 e. The molecule has 0 saturated heterocycles. The van der Waals surface area contributed by atoms with E-state index >= 15 is 0 Å². The zero-order chi connectivity index (χ0) is 11.4. The second-order valence-corrected chi connectivity index (χ2v) is 4.04. The summed E-state index contributed by atoms with van der Waals surface area (Å²) in [5, 5.41) is 0. The molecule has 1 aromatic carbocycles. The second-order valence-electron chi connectivity index (χ2n) is 4.04. The summed E-state index contributed by atoms with van der Waals surface area (Å²) in [6.07, 6.45) is 1.89. The minimum Gasteiger partial charge on any atom is -0.366 e. The van der Waals surface area contributed by atoms with Crippen LogP contribution in [0.2, 0.25) is 0 Å². The van der Waals surface area contributed by atoms with Crippen molar-refractivity contribution in [1.29, 1.82) is 0 Å². The van der Waals surface area contributed by atoms with E-state index in [1.807, 2.05) is 13.4 Å². The molecular formula is C13H20N2. The Morgan fingerprint density at radius 1 is 1.13 bits per heavy atom. The molecular weight excluding hydrogens is 184 g/mol. The zero-order valence-corrected chi connectivity index (χ0v) is 10.3. The molecule has 0 N–H and O–H groups in total. The molecule has 1 aromatic rings. The maximum atomic E-state index is 4.48. The third-order valence-corrected chi connectivity index (χ3v) is 2.71. The fraction of sp³-hybridized carbons (Fsp3) is 0.462. The van der Waals surface area contributed by atoms with Gasteiger partial charge in [0.25, 0.3) is 0 Å². The molecule has 0 radical (unpaired) electrons. The molecule has 0 spiro atoms. The summed E-state index contributed by atoms with van der Waals surface area (Å²) < 4.78 is 0. The van der Waals surface area contributed by atoms with E-state index in [2.05, 4.69) is 49.7 Å². The zero-order valence-electron chi connectivity index (χ0n) is 10.3. The van der Waals surface area contributed by atoms with Crippen LogP contribution in [0.5, 0.6) is 0 Å². The summed E-state index contributed by atoms with van der Waals surface area (Å²) in [6.45, 7) is 9.45. The summed E-state index contributed by atoms with van der Waals surface area (Å²) in [6, 6.07) is 4.33. The van der Waals surface area contributed by atoms with Crippen LogP contribution in [0.25, 0.3) is 0 Å². The van der Waals surface area contributed by atoms with Gasteiger partial charge in [0.2, 0.25) is 0 Å². The Morgan fingerprint density at radius 2 is 1.73 bits per heavy atom. The van der Waals surface area contributed by atoms with Crippen LogP contribution in [0.3, 0.4) is 0 Å². The maximum Gasteiger partial charge on any atom is 0.0909 e. The van der Waals surface area contributed by atoms with Crippen molar-refractivity contribution < 1.29 is 0 Å². The SMILES string of the molecule is CCN(C)C=Nc1cc(C)c(C)cc1C. The average molecular weight is 204 g/mol. The van der Waals surface area contributed by atoms with Crippen LogP contribution >= 0.6 is 0 Å². The van der Waals surface area contributed by atoms with Gasteiger partial charge in [-0.1, -0.05) is 6.07 Å². The van der Waals surface area contributed by atoms with Crippen molar-refractivity contribution in [3.8, 4) is 0 Å². The molecule has 1 rings (SSSR count). The van der Waals surface area contributed by atoms with Crippen molar-refractivity contribution in [3.05, 3.63) is 28.8 Å². The van der Waals surface area contributed by atoms with Crippen molar-refractivity contribution in [2.75, 3.05) is 13.6 Å². The molecule has 0 saturated carbocycles. The van der Waals surface area contributed by atoms with Crippen LogP contribution in [0, 0.1) is 20.8 Å². The summed E-state index contributed by atoms with van der Waals surface area (Å²) in [7, 11) is 2.03. The molecule has 2 nitrogen and oxygen atoms in total. The minimum atomic E-state index is 0.980. The Balaban J connectivity index is 2.95. The fourth-order valence-electron chi connectivity index (χ4n) is 1.33. The summed E-state index contributed by atoms with van der Waals surface area (Å²) in [5.74, 6) is 0. The molecule has 0 aliphatic heterocycles. The normalized spacial score (nSPS) is 11.0. The highest BCUT2D eigenvalue weighted by Crippen LogP contribution is 2.22. The average Bonchev–Trinajstić information content (AvgIpc) is 2.21. The van der Waals surface area contributed by atoms with Gasteiger partial charge in [-0.25, -0.2) is 4.99 Å². The molecule has 0 aromatic heterocycles. The number of nitrogens with zero attached hydrogens (tertiary/aromatic N) is 2. The van der Waals surface area contributed by atoms with Gasteiger partial charge >= 0.3 is 0 Å². The van der Waals surface area contributed by atoms with E-state index in [9.17, 15) is 0 Å². The van der Waals surface area contributed by atoms with Crippen LogP contribution in [0.4, 0.5) is 5.69 Å². The van der Waals surface area contributed by atoms with E-state index in [1.165, 1.54) is 16.7 Å². The second kappa shape index (κ2) is 4.96. The molecule has 0 aliphatic rings. The molecule has 0 unspecified atom stereocenters. The first kappa shape index (κ1) is 11.8. The van der Waals surface area contributed by atoms with Crippen LogP contribution in [-0.2, 0) is 0 Å². The summed E-state index contributed by atoms with van der Waals surface area (Å²) >= 11 is 0. The van der Waals surface area contributed by atoms with Gasteiger partial charge in [-0.2, -0.15) is 0 Å². The molecule has 0 atom stereocenters. The standard InChI is InChI=1S/C13H20N2/c1-6-15(5)9-14-13-8-11(3)10(2)7-12(13)4/h7-9H,6H2,1-5H3. The van der Waals surface area contributed by atoms with E-state index < -0.39 is 0 Å². The first-order chi connectivity index (χ1) is 7.04. The smallest absolute Gasteiger partial charge is 0.0909 e. The molecule has 0 heterocycles. The van der Waals surface area contributed by atoms with E-state index in [1.54, 1.807) is 0 Å². The molecule has 0 aliphatic carbocycles. The van der Waals surface area contributed by atoms with Crippen LogP contribution in [0.1, 0.15) is 23.6 Å². The van der Waals surface area contributed by atoms with Crippen molar-refractivity contribution in [1.82, 2.24) is 4.90 Å². The highest BCUT2D eigenvalue weighted by Gasteiger charge is 1.99. The van der Waals surface area contributed by atoms with E-state index in [-0.39, 0.29) is 0 Å². The topological polar surface area (TPSA) is 15.6 Å². The highest BCUT2D eigenvalue weighted by molar-refractivity contribution is 5.63. The van der Waals surface area contributed by atoms with Crippen LogP contribution in [-0.4, -0.2) is 24.8 Å². The number of benzene rings is 1. The van der Waals surface area contributed by atoms with Crippen molar-refractivity contribution >= 4 is 12.0 Å². The van der Waals surface area contributed by atoms with Gasteiger partial charge in [0.15, 0.2) is 0 Å². The summed E-state index contributed by atoms with van der Waals surface area (Å²) in [4.78, 5) is 6.54. The maximum absolute atomic E-state index is 4.48. The number of hydrogen-bond acceptors (Lipinski definition) is 1. The number of hydrogen-bond donors (Lipinski definition) is 0. The van der Waals surface area contributed by atoms with Gasteiger partial charge in [-0.05, 0) is 50.5 Å². The first-order valence-corrected chi connectivity index (χ1v) is 5.37. The predicted molar refractivity (Wildman–Crippen MR) is 67.1 cm³/mol. The molecule has 15 heavy (non-hydrogen) atoms. The third kappa shape index (κ3) is 3.08. The van der Waals surface area contributed by atoms with Crippen LogP contribution < -0.4 is 0 Å². The van der Waals surface area contributed by atoms with Gasteiger partial charge in [0, 0.05) is 13.6 Å². The Bertz CT molecular complexity index is 367. The van der Waals surface area contributed by atoms with Crippen molar-refractivity contribution in [2.24, 2.45) is 4.99 Å². The lowest BCUT2D eigenvalue weighted by Crippen LogP contribution is -2.14. The van der Waals surface area contributed by atoms with Crippen molar-refractivity contribution in [3.63, 3.8) is 0 Å². The van der Waals surface area contributed by atoms with E-state index in [4.69, 9.17) is 0 Å². The summed E-state index contributed by atoms with van der Waals surface area (Å²) in [5.41, 5.74) is 4.93. The predicted octanol–water partition coefficient (Wildman–Crippen LogP) is 3.22. The molecule has 0 fully saturated rings. The Labute approximate surface area is 92.6 Å². The lowest BCUT2D eigenvalue weighted by molar-refractivity contribution is 0.552. The van der Waals surface area contributed by atoms with Crippen LogP contribution in [0.15, 0.2) is 17.1 Å². The third-order valence-electron chi connectivity index (χ3n) is 2.71. The molecule has 0 amide bonds. The molecule has 82 valence electrons.